The number of aryl methyl sites for hydroxylation is 4. The molecular formula is C105H132N4O5S6. The fourth-order valence-corrected chi connectivity index (χ4v) is 25.7. The van der Waals surface area contributed by atoms with Gasteiger partial charge in [0, 0.05) is 89.5 Å². The average Bonchev–Trinajstić information content (AvgIpc) is 1.58. The Morgan fingerprint density at radius 3 is 1.32 bits per heavy atom. The number of ketones is 2. The Bertz CT molecular complexity index is 5770. The lowest BCUT2D eigenvalue weighted by Crippen LogP contribution is -2.17. The number of carbonyl (C=O) groups is 2. The summed E-state index contributed by atoms with van der Waals surface area (Å²) in [5, 5.41) is 21.1. The number of carbonyl (C=O) groups excluding carboxylic acids is 2. The van der Waals surface area contributed by atoms with Gasteiger partial charge in [-0.3, -0.25) is 9.59 Å². The standard InChI is InChI=1S/C97H114N4O5S6.C8H18/c1-8-15-22-29-30-35-50-99-75-49-47-66(84-62-82(106-54-37-28-21-14-7)97(110-84)86-60-80-95(112-86)93-78(101(80)52-34-26-19-12-5)56-64(108-93)41-32-24-17-10-3)68-43-39-45-70(88(68)75)76(99)58-72-89(102)71(90(103)91(72)104)57-74-69-44-38-42-67-65(46-48-73(98-74)87(67)69)83-61-81(105-53-36-27-20-13-6)96(109-83)85-59-79-94(111-85)92-77(100(79)51-33-25-18-11-4)55-63(107-92)40-31-23-16-9-2;1-3-5-7-8-6-4-2/h38-39,42-49,55-62H,8-37,40-41,50-54H2,1-7H3,(H,102,104);3-8H2,1-2H3. The average molecular weight is 1720 g/mol. The summed E-state index contributed by atoms with van der Waals surface area (Å²) in [6.45, 7) is 24.5. The maximum atomic E-state index is 15.3. The number of unbranched alkanes of at least 4 members (excludes halogenated alkanes) is 28. The summed E-state index contributed by atoms with van der Waals surface area (Å²) >= 11 is 11.5. The van der Waals surface area contributed by atoms with Crippen molar-refractivity contribution in [1.29, 1.82) is 0 Å². The molecule has 15 rings (SSSR count). The van der Waals surface area contributed by atoms with Crippen LogP contribution in [-0.2, 0) is 35.5 Å². The van der Waals surface area contributed by atoms with Crippen molar-refractivity contribution in [2.24, 2.45) is 0 Å². The Hall–Kier alpha value is -7.37. The van der Waals surface area contributed by atoms with E-state index in [1.54, 1.807) is 12.2 Å². The number of aromatic amines is 1. The van der Waals surface area contributed by atoms with Crippen molar-refractivity contribution in [3.63, 3.8) is 0 Å². The van der Waals surface area contributed by atoms with Crippen molar-refractivity contribution in [1.82, 2.24) is 14.1 Å². The number of hydrogen-bond donors (Lipinski definition) is 1. The Balaban J connectivity index is 0.00000140. The third-order valence-corrected chi connectivity index (χ3v) is 32.5. The summed E-state index contributed by atoms with van der Waals surface area (Å²) in [7, 11) is 0. The molecule has 10 heterocycles. The molecule has 0 unspecified atom stereocenters. The normalized spacial score (nSPS) is 13.7. The van der Waals surface area contributed by atoms with Crippen LogP contribution in [-0.4, -0.2) is 55.7 Å². The maximum Gasteiger partial charge on any atom is 0.233 e. The van der Waals surface area contributed by atoms with Crippen LogP contribution in [0.2, 0.25) is 0 Å². The van der Waals surface area contributed by atoms with Crippen LogP contribution in [0.25, 0.3) is 120 Å². The number of aromatic nitrogens is 3. The number of allylic oxidation sites excluding steroid dienone is 3. The van der Waals surface area contributed by atoms with Crippen molar-refractivity contribution in [3.05, 3.63) is 141 Å². The molecule has 4 aromatic carbocycles. The first-order valence-corrected chi connectivity index (χ1v) is 52.0. The predicted octanol–water partition coefficient (Wildman–Crippen LogP) is 32.1. The topological polar surface area (TPSA) is 104 Å². The minimum absolute atomic E-state index is 0.0874. The molecule has 1 N–H and O–H groups in total. The Morgan fingerprint density at radius 1 is 0.392 bits per heavy atom. The maximum absolute atomic E-state index is 15.3. The summed E-state index contributed by atoms with van der Waals surface area (Å²) in [5.41, 5.74) is 11.2. The number of rotatable bonds is 50. The lowest BCUT2D eigenvalue weighted by molar-refractivity contribution is -0.436. The first-order valence-electron chi connectivity index (χ1n) is 47.1. The van der Waals surface area contributed by atoms with Crippen LogP contribution >= 0.6 is 68.0 Å². The molecule has 0 radical (unpaired) electrons. The second-order valence-electron chi connectivity index (χ2n) is 34.1. The molecule has 0 bridgehead atoms. The highest BCUT2D eigenvalue weighted by molar-refractivity contribution is 7.32. The summed E-state index contributed by atoms with van der Waals surface area (Å²) < 4.78 is 27.0. The van der Waals surface area contributed by atoms with Crippen molar-refractivity contribution >= 4 is 170 Å². The number of ether oxygens (including phenoxy) is 2. The Morgan fingerprint density at radius 2 is 0.817 bits per heavy atom. The zero-order chi connectivity index (χ0) is 83.4. The van der Waals surface area contributed by atoms with Gasteiger partial charge in [0.2, 0.25) is 23.0 Å². The summed E-state index contributed by atoms with van der Waals surface area (Å²) in [4.78, 5) is 43.2. The third kappa shape index (κ3) is 20.0. The van der Waals surface area contributed by atoms with Gasteiger partial charge in [-0.2, -0.15) is 4.58 Å². The van der Waals surface area contributed by atoms with Crippen LogP contribution in [0.3, 0.4) is 0 Å². The lowest BCUT2D eigenvalue weighted by atomic mass is 9.96. The van der Waals surface area contributed by atoms with Gasteiger partial charge in [0.1, 0.15) is 18.0 Å². The van der Waals surface area contributed by atoms with E-state index in [0.717, 1.165) is 153 Å². The summed E-state index contributed by atoms with van der Waals surface area (Å²) in [6.07, 6.45) is 49.8. The predicted molar refractivity (Wildman–Crippen MR) is 524 cm³/mol. The van der Waals surface area contributed by atoms with E-state index in [4.69, 9.17) is 9.47 Å². The number of hydrogen-bond acceptors (Lipinski definition) is 11. The molecule has 0 atom stereocenters. The van der Waals surface area contributed by atoms with Crippen LogP contribution in [0.15, 0.2) is 120 Å². The van der Waals surface area contributed by atoms with E-state index in [1.165, 1.54) is 256 Å². The van der Waals surface area contributed by atoms with Crippen LogP contribution in [0.4, 0.5) is 5.69 Å². The van der Waals surface area contributed by atoms with E-state index in [0.29, 0.717) is 25.1 Å². The van der Waals surface area contributed by atoms with Gasteiger partial charge in [-0.1, -0.05) is 284 Å². The van der Waals surface area contributed by atoms with Gasteiger partial charge in [0.05, 0.1) is 84.5 Å². The SMILES string of the molecule is CCCCCCCC.CCCCCCCC[N+]1=C(/C=C2\C(=O)C(=O)C(/C=c3/[nH]c4ccc(-c5cc(OCCCCCC)c(-c6cc7c(s6)c6sc(CCCCCC)cc6n7CCCCCC)s5)c5cccc3c45)=C2[O-])c2cccc3c(-c4cc(OCCCCCC)c(-c5cc6c(s5)c5sc(CCCCCC)cc5n6CCCCCC)s4)ccc1c23. The van der Waals surface area contributed by atoms with E-state index in [-0.39, 0.29) is 11.1 Å². The van der Waals surface area contributed by atoms with Crippen molar-refractivity contribution in [2.45, 2.75) is 319 Å². The zero-order valence-corrected chi connectivity index (χ0v) is 78.5. The van der Waals surface area contributed by atoms with Crippen LogP contribution < -0.4 is 19.9 Å². The monoisotopic (exact) mass is 1720 g/mol. The van der Waals surface area contributed by atoms with Crippen LogP contribution in [0, 0.1) is 0 Å². The largest absolute Gasteiger partial charge is 0.871 e. The Kier molecular flexibility index (Phi) is 32.5. The molecule has 0 spiro atoms. The smallest absolute Gasteiger partial charge is 0.233 e. The quantitative estimate of drug-likeness (QED) is 0.0177. The second-order valence-corrected chi connectivity index (χ2v) is 40.6. The highest BCUT2D eigenvalue weighted by Crippen LogP contribution is 2.54. The number of benzene rings is 4. The zero-order valence-electron chi connectivity index (χ0n) is 73.6. The molecule has 0 saturated heterocycles. The van der Waals surface area contributed by atoms with E-state index in [2.05, 4.69) is 178 Å². The highest BCUT2D eigenvalue weighted by Gasteiger charge is 2.37. The molecule has 638 valence electrons. The third-order valence-electron chi connectivity index (χ3n) is 24.9. The lowest BCUT2D eigenvalue weighted by Gasteiger charge is -2.09. The molecule has 2 aliphatic rings. The van der Waals surface area contributed by atoms with Crippen LogP contribution in [0.5, 0.6) is 11.5 Å². The number of fused-ring (bicyclic) bond motifs is 6. The van der Waals surface area contributed by atoms with Crippen molar-refractivity contribution in [3.8, 4) is 51.9 Å². The van der Waals surface area contributed by atoms with E-state index < -0.39 is 17.3 Å². The van der Waals surface area contributed by atoms with Crippen molar-refractivity contribution < 1.29 is 28.7 Å². The molecule has 0 saturated carbocycles. The van der Waals surface area contributed by atoms with Crippen LogP contribution in [0.1, 0.15) is 309 Å². The van der Waals surface area contributed by atoms with Crippen molar-refractivity contribution in [2.75, 3.05) is 19.8 Å². The van der Waals surface area contributed by atoms with E-state index in [9.17, 15) is 9.59 Å². The van der Waals surface area contributed by atoms with Gasteiger partial charge < -0.3 is 28.7 Å². The summed E-state index contributed by atoms with van der Waals surface area (Å²) in [6, 6.07) is 36.2. The van der Waals surface area contributed by atoms with Gasteiger partial charge in [-0.25, -0.2) is 0 Å². The van der Waals surface area contributed by atoms with Gasteiger partial charge in [0.25, 0.3) is 0 Å². The first-order chi connectivity index (χ1) is 59.0. The molecule has 0 fully saturated rings. The molecule has 0 amide bonds. The molecule has 9 aromatic heterocycles. The van der Waals surface area contributed by atoms with Gasteiger partial charge in [0.15, 0.2) is 0 Å². The molecule has 13 aromatic rings. The number of nitrogens with zero attached hydrogens (tertiary/aromatic N) is 3. The highest BCUT2D eigenvalue weighted by atomic mass is 32.1. The second kappa shape index (κ2) is 43.8. The van der Waals surface area contributed by atoms with Gasteiger partial charge in [-0.15, -0.1) is 68.0 Å². The number of thiophene rings is 6. The molecule has 120 heavy (non-hydrogen) atoms. The number of Topliss-reactive ketones (excluding diaryl/α,β-unsaturated/α-hetero) is 2. The van der Waals surface area contributed by atoms with E-state index >= 15 is 5.11 Å². The fraction of sp³-hybridized carbons (Fsp3) is 0.495. The van der Waals surface area contributed by atoms with Gasteiger partial charge in [-0.05, 0) is 135 Å². The molecule has 15 heteroatoms. The van der Waals surface area contributed by atoms with E-state index in [1.807, 2.05) is 68.0 Å². The fourth-order valence-electron chi connectivity index (χ4n) is 18.2. The summed E-state index contributed by atoms with van der Waals surface area (Å²) in [5.74, 6) is -0.203. The van der Waals surface area contributed by atoms with Gasteiger partial charge >= 0.3 is 0 Å². The first kappa shape index (κ1) is 88.9. The minimum Gasteiger partial charge on any atom is -0.871 e. The number of H-pyrrole nitrogens is 1. The number of nitrogens with one attached hydrogen (secondary N) is 1. The molecule has 9 nitrogen and oxygen atoms in total. The Labute approximate surface area is 739 Å². The minimum atomic E-state index is -0.773. The molecule has 1 aliphatic heterocycles. The molecule has 1 aliphatic carbocycles. The molecular weight excluding hydrogens is 1590 g/mol.